The zero-order chi connectivity index (χ0) is 11.7. The number of cyclic esters (lactones) is 2. The molecule has 0 amide bonds. The van der Waals surface area contributed by atoms with Crippen LogP contribution in [0.25, 0.3) is 5.57 Å². The molecular formula is C11H7ClO4. The Bertz CT molecular complexity index is 487. The number of benzene rings is 1. The third kappa shape index (κ3) is 1.67. The van der Waals surface area contributed by atoms with Crippen molar-refractivity contribution in [3.8, 4) is 0 Å². The molecule has 0 aliphatic carbocycles. The topological polar surface area (TPSA) is 52.6 Å². The van der Waals surface area contributed by atoms with E-state index in [1.54, 1.807) is 24.3 Å². The van der Waals surface area contributed by atoms with Crippen molar-refractivity contribution in [2.75, 3.05) is 7.11 Å². The number of carbonyl (C=O) groups is 2. The van der Waals surface area contributed by atoms with Crippen LogP contribution in [0, 0.1) is 0 Å². The largest absolute Gasteiger partial charge is 0.489 e. The number of halogens is 1. The molecule has 1 aliphatic rings. The van der Waals surface area contributed by atoms with Gasteiger partial charge in [-0.25, -0.2) is 9.59 Å². The average molecular weight is 239 g/mol. The fourth-order valence-corrected chi connectivity index (χ4v) is 1.55. The van der Waals surface area contributed by atoms with Gasteiger partial charge in [-0.3, -0.25) is 0 Å². The number of carbonyl (C=O) groups excluding carboxylic acids is 2. The van der Waals surface area contributed by atoms with Gasteiger partial charge in [0.2, 0.25) is 5.76 Å². The summed E-state index contributed by atoms with van der Waals surface area (Å²) in [6.45, 7) is 0. The molecule has 16 heavy (non-hydrogen) atoms. The number of rotatable bonds is 2. The lowest BCUT2D eigenvalue weighted by molar-refractivity contribution is -0.151. The monoisotopic (exact) mass is 238 g/mol. The lowest BCUT2D eigenvalue weighted by Gasteiger charge is -2.00. The van der Waals surface area contributed by atoms with E-state index in [1.165, 1.54) is 7.11 Å². The van der Waals surface area contributed by atoms with Gasteiger partial charge >= 0.3 is 11.9 Å². The molecule has 1 aromatic rings. The first-order valence-electron chi connectivity index (χ1n) is 4.44. The third-order valence-electron chi connectivity index (χ3n) is 2.14. The summed E-state index contributed by atoms with van der Waals surface area (Å²) in [6.07, 6.45) is 0. The van der Waals surface area contributed by atoms with Gasteiger partial charge in [-0.15, -0.1) is 0 Å². The van der Waals surface area contributed by atoms with E-state index in [2.05, 4.69) is 4.74 Å². The maximum atomic E-state index is 11.4. The van der Waals surface area contributed by atoms with Gasteiger partial charge < -0.3 is 9.47 Å². The van der Waals surface area contributed by atoms with Gasteiger partial charge in [0.25, 0.3) is 0 Å². The van der Waals surface area contributed by atoms with Crippen molar-refractivity contribution in [3.63, 3.8) is 0 Å². The van der Waals surface area contributed by atoms with Crippen molar-refractivity contribution in [3.05, 3.63) is 40.6 Å². The number of ether oxygens (including phenoxy) is 2. The molecule has 4 nitrogen and oxygen atoms in total. The number of hydrogen-bond acceptors (Lipinski definition) is 4. The van der Waals surface area contributed by atoms with Gasteiger partial charge in [0.15, 0.2) is 0 Å². The molecule has 0 unspecified atom stereocenters. The van der Waals surface area contributed by atoms with Crippen LogP contribution in [0.2, 0.25) is 5.02 Å². The van der Waals surface area contributed by atoms with Gasteiger partial charge in [0.1, 0.15) is 5.57 Å². The molecule has 0 radical (unpaired) electrons. The average Bonchev–Trinajstić information content (AvgIpc) is 2.54. The number of esters is 2. The van der Waals surface area contributed by atoms with Crippen LogP contribution in [0.15, 0.2) is 30.0 Å². The Balaban J connectivity index is 2.53. The van der Waals surface area contributed by atoms with Crippen molar-refractivity contribution in [2.24, 2.45) is 0 Å². The summed E-state index contributed by atoms with van der Waals surface area (Å²) in [5.41, 5.74) is 0.668. The molecule has 0 spiro atoms. The van der Waals surface area contributed by atoms with E-state index in [1.807, 2.05) is 0 Å². The second kappa shape index (κ2) is 3.98. The third-order valence-corrected chi connectivity index (χ3v) is 2.39. The zero-order valence-corrected chi connectivity index (χ0v) is 9.08. The predicted molar refractivity (Wildman–Crippen MR) is 56.5 cm³/mol. The van der Waals surface area contributed by atoms with Crippen LogP contribution < -0.4 is 0 Å². The first kappa shape index (κ1) is 10.7. The highest BCUT2D eigenvalue weighted by molar-refractivity contribution is 6.31. The van der Waals surface area contributed by atoms with Crippen LogP contribution in [0.1, 0.15) is 5.56 Å². The first-order chi connectivity index (χ1) is 7.63. The van der Waals surface area contributed by atoms with Crippen LogP contribution >= 0.6 is 11.6 Å². The smallest absolute Gasteiger partial charge is 0.382 e. The van der Waals surface area contributed by atoms with Crippen molar-refractivity contribution >= 4 is 29.1 Å². The maximum absolute atomic E-state index is 11.4. The van der Waals surface area contributed by atoms with Crippen LogP contribution in [0.3, 0.4) is 0 Å². The second-order valence-electron chi connectivity index (χ2n) is 3.09. The summed E-state index contributed by atoms with van der Waals surface area (Å²) in [5, 5.41) is 0.543. The summed E-state index contributed by atoms with van der Waals surface area (Å²) >= 11 is 5.72. The summed E-state index contributed by atoms with van der Waals surface area (Å²) in [7, 11) is 1.31. The molecule has 82 valence electrons. The Morgan fingerprint density at radius 2 is 1.75 bits per heavy atom. The van der Waals surface area contributed by atoms with Gasteiger partial charge in [0.05, 0.1) is 7.11 Å². The Labute approximate surface area is 96.4 Å². The van der Waals surface area contributed by atoms with Crippen LogP contribution in [-0.4, -0.2) is 19.0 Å². The van der Waals surface area contributed by atoms with Crippen molar-refractivity contribution in [1.29, 1.82) is 0 Å². The highest BCUT2D eigenvalue weighted by Gasteiger charge is 2.35. The fourth-order valence-electron chi connectivity index (χ4n) is 1.43. The molecule has 0 aromatic heterocycles. The molecule has 0 bridgehead atoms. The van der Waals surface area contributed by atoms with Crippen molar-refractivity contribution in [2.45, 2.75) is 0 Å². The van der Waals surface area contributed by atoms with E-state index < -0.39 is 11.9 Å². The SMILES string of the molecule is COC1=C(c2ccc(Cl)cc2)C(=O)OC1=O. The predicted octanol–water partition coefficient (Wildman–Crippen LogP) is 1.78. The highest BCUT2D eigenvalue weighted by atomic mass is 35.5. The van der Waals surface area contributed by atoms with E-state index >= 15 is 0 Å². The molecule has 0 atom stereocenters. The minimum atomic E-state index is -0.766. The maximum Gasteiger partial charge on any atom is 0.382 e. The van der Waals surface area contributed by atoms with Crippen LogP contribution in [-0.2, 0) is 19.1 Å². The number of methoxy groups -OCH3 is 1. The second-order valence-corrected chi connectivity index (χ2v) is 3.53. The quantitative estimate of drug-likeness (QED) is 0.582. The summed E-state index contributed by atoms with van der Waals surface area (Å²) < 4.78 is 9.29. The fraction of sp³-hybridized carbons (Fsp3) is 0.0909. The van der Waals surface area contributed by atoms with E-state index in [4.69, 9.17) is 16.3 Å². The van der Waals surface area contributed by atoms with E-state index in [-0.39, 0.29) is 11.3 Å². The normalized spacial score (nSPS) is 15.4. The Morgan fingerprint density at radius 1 is 1.12 bits per heavy atom. The summed E-state index contributed by atoms with van der Waals surface area (Å²) in [4.78, 5) is 22.6. The van der Waals surface area contributed by atoms with Crippen LogP contribution in [0.5, 0.6) is 0 Å². The Kier molecular flexibility index (Phi) is 2.66. The molecule has 0 fully saturated rings. The molecule has 1 heterocycles. The van der Waals surface area contributed by atoms with Gasteiger partial charge in [0, 0.05) is 5.02 Å². The van der Waals surface area contributed by atoms with Gasteiger partial charge in [-0.2, -0.15) is 0 Å². The van der Waals surface area contributed by atoms with Gasteiger partial charge in [-0.1, -0.05) is 23.7 Å². The number of hydrogen-bond donors (Lipinski definition) is 0. The van der Waals surface area contributed by atoms with E-state index in [0.29, 0.717) is 10.6 Å². The molecular weight excluding hydrogens is 232 g/mol. The minimum absolute atomic E-state index is 0.0766. The summed E-state index contributed by atoms with van der Waals surface area (Å²) in [5.74, 6) is -1.55. The van der Waals surface area contributed by atoms with Crippen LogP contribution in [0.4, 0.5) is 0 Å². The zero-order valence-electron chi connectivity index (χ0n) is 8.32. The molecule has 0 N–H and O–H groups in total. The first-order valence-corrected chi connectivity index (χ1v) is 4.82. The Morgan fingerprint density at radius 3 is 2.31 bits per heavy atom. The molecule has 0 saturated heterocycles. The molecule has 1 aliphatic heterocycles. The minimum Gasteiger partial charge on any atom is -0.489 e. The van der Waals surface area contributed by atoms with Gasteiger partial charge in [-0.05, 0) is 17.7 Å². The molecule has 0 saturated carbocycles. The lowest BCUT2D eigenvalue weighted by Crippen LogP contribution is -2.02. The Hall–Kier alpha value is -1.81. The molecule has 2 rings (SSSR count). The van der Waals surface area contributed by atoms with Crippen molar-refractivity contribution in [1.82, 2.24) is 0 Å². The highest BCUT2D eigenvalue weighted by Crippen LogP contribution is 2.28. The molecule has 5 heteroatoms. The lowest BCUT2D eigenvalue weighted by atomic mass is 10.1. The molecule has 1 aromatic carbocycles. The standard InChI is InChI=1S/C11H7ClO4/c1-15-9-8(10(13)16-11(9)14)6-2-4-7(12)5-3-6/h2-5H,1H3. The van der Waals surface area contributed by atoms with E-state index in [9.17, 15) is 9.59 Å². The van der Waals surface area contributed by atoms with Crippen molar-refractivity contribution < 1.29 is 19.1 Å². The van der Waals surface area contributed by atoms with E-state index in [0.717, 1.165) is 0 Å². The summed E-state index contributed by atoms with van der Waals surface area (Å²) in [6, 6.07) is 6.48.